The Kier molecular flexibility index (Phi) is 6.58. The van der Waals surface area contributed by atoms with Crippen LogP contribution in [0.25, 0.3) is 0 Å². The molecule has 0 bridgehead atoms. The van der Waals surface area contributed by atoms with Gasteiger partial charge in [0, 0.05) is 42.6 Å². The lowest BCUT2D eigenvalue weighted by atomic mass is 9.96. The van der Waals surface area contributed by atoms with Crippen LogP contribution in [0.1, 0.15) is 36.9 Å². The molecule has 1 fully saturated rings. The van der Waals surface area contributed by atoms with Gasteiger partial charge in [0.2, 0.25) is 5.91 Å². The minimum Gasteiger partial charge on any atom is -0.340 e. The zero-order chi connectivity index (χ0) is 18.5. The van der Waals surface area contributed by atoms with Gasteiger partial charge in [-0.2, -0.15) is 0 Å². The van der Waals surface area contributed by atoms with Crippen LogP contribution in [0.3, 0.4) is 0 Å². The second-order valence-corrected chi connectivity index (χ2v) is 7.55. The number of halogens is 2. The van der Waals surface area contributed by atoms with E-state index in [0.717, 1.165) is 42.6 Å². The molecule has 2 aromatic rings. The fourth-order valence-corrected chi connectivity index (χ4v) is 3.76. The Morgan fingerprint density at radius 3 is 1.77 bits per heavy atom. The first-order valence-electron chi connectivity index (χ1n) is 9.11. The van der Waals surface area contributed by atoms with Crippen LogP contribution < -0.4 is 0 Å². The normalized spacial score (nSPS) is 15.5. The van der Waals surface area contributed by atoms with Gasteiger partial charge in [0.1, 0.15) is 0 Å². The molecule has 0 aromatic heterocycles. The molecule has 1 amide bonds. The first kappa shape index (κ1) is 19.2. The molecule has 0 spiro atoms. The van der Waals surface area contributed by atoms with Crippen molar-refractivity contribution < 1.29 is 4.79 Å². The predicted octanol–water partition coefficient (Wildman–Crippen LogP) is 5.03. The van der Waals surface area contributed by atoms with Crippen LogP contribution in [0.4, 0.5) is 0 Å². The molecule has 0 atom stereocenters. The largest absolute Gasteiger partial charge is 0.340 e. The highest BCUT2D eigenvalue weighted by Crippen LogP contribution is 2.31. The van der Waals surface area contributed by atoms with Crippen molar-refractivity contribution in [2.24, 2.45) is 0 Å². The van der Waals surface area contributed by atoms with Gasteiger partial charge in [-0.3, -0.25) is 9.69 Å². The number of hydrogen-bond acceptors (Lipinski definition) is 2. The average molecular weight is 391 g/mol. The molecular formula is C21H24Cl2N2O. The molecular weight excluding hydrogens is 367 g/mol. The van der Waals surface area contributed by atoms with E-state index in [1.165, 1.54) is 11.1 Å². The van der Waals surface area contributed by atoms with Crippen LogP contribution in [0.2, 0.25) is 10.0 Å². The molecule has 138 valence electrons. The van der Waals surface area contributed by atoms with E-state index in [4.69, 9.17) is 23.2 Å². The van der Waals surface area contributed by atoms with E-state index in [2.05, 4.69) is 29.2 Å². The van der Waals surface area contributed by atoms with Crippen molar-refractivity contribution in [1.82, 2.24) is 9.80 Å². The Balaban J connectivity index is 1.81. The summed E-state index contributed by atoms with van der Waals surface area (Å²) in [6.07, 6.45) is 1.54. The smallest absolute Gasteiger partial charge is 0.222 e. The summed E-state index contributed by atoms with van der Waals surface area (Å²) in [7, 11) is 0. The number of hydrogen-bond donors (Lipinski definition) is 0. The third-order valence-electron chi connectivity index (χ3n) is 4.87. The molecule has 1 heterocycles. The van der Waals surface area contributed by atoms with Crippen LogP contribution in [-0.4, -0.2) is 41.9 Å². The number of benzene rings is 2. The van der Waals surface area contributed by atoms with Crippen molar-refractivity contribution in [1.29, 1.82) is 0 Å². The highest BCUT2D eigenvalue weighted by atomic mass is 35.5. The van der Waals surface area contributed by atoms with Gasteiger partial charge in [0.05, 0.1) is 6.04 Å². The van der Waals surface area contributed by atoms with Gasteiger partial charge in [0.15, 0.2) is 0 Å². The predicted molar refractivity (Wildman–Crippen MR) is 108 cm³/mol. The summed E-state index contributed by atoms with van der Waals surface area (Å²) in [6.45, 7) is 5.30. The molecule has 0 aliphatic carbocycles. The SMILES string of the molecule is CCCC(=O)N1CCN(C(c2ccc(Cl)cc2)c2ccc(Cl)cc2)CC1. The van der Waals surface area contributed by atoms with Gasteiger partial charge in [-0.15, -0.1) is 0 Å². The molecule has 0 N–H and O–H groups in total. The highest BCUT2D eigenvalue weighted by molar-refractivity contribution is 6.30. The van der Waals surface area contributed by atoms with E-state index in [1.54, 1.807) is 0 Å². The second-order valence-electron chi connectivity index (χ2n) is 6.67. The van der Waals surface area contributed by atoms with Crippen molar-refractivity contribution in [3.05, 3.63) is 69.7 Å². The number of amides is 1. The summed E-state index contributed by atoms with van der Waals surface area (Å²) < 4.78 is 0. The Morgan fingerprint density at radius 1 is 0.885 bits per heavy atom. The molecule has 1 aliphatic heterocycles. The van der Waals surface area contributed by atoms with Gasteiger partial charge in [-0.05, 0) is 41.8 Å². The van der Waals surface area contributed by atoms with Gasteiger partial charge >= 0.3 is 0 Å². The first-order valence-corrected chi connectivity index (χ1v) is 9.87. The van der Waals surface area contributed by atoms with Crippen molar-refractivity contribution in [2.75, 3.05) is 26.2 Å². The summed E-state index contributed by atoms with van der Waals surface area (Å²) in [6, 6.07) is 16.2. The summed E-state index contributed by atoms with van der Waals surface area (Å²) in [5.41, 5.74) is 2.40. The maximum absolute atomic E-state index is 12.2. The zero-order valence-corrected chi connectivity index (χ0v) is 16.5. The molecule has 3 rings (SSSR count). The molecule has 1 aliphatic rings. The summed E-state index contributed by atoms with van der Waals surface area (Å²) in [5, 5.41) is 1.47. The Labute approximate surface area is 165 Å². The fourth-order valence-electron chi connectivity index (χ4n) is 3.51. The van der Waals surface area contributed by atoms with E-state index < -0.39 is 0 Å². The maximum atomic E-state index is 12.2. The Bertz CT molecular complexity index is 677. The van der Waals surface area contributed by atoms with Crippen molar-refractivity contribution in [3.8, 4) is 0 Å². The molecule has 0 radical (unpaired) electrons. The van der Waals surface area contributed by atoms with E-state index in [0.29, 0.717) is 6.42 Å². The Morgan fingerprint density at radius 2 is 1.35 bits per heavy atom. The van der Waals surface area contributed by atoms with Crippen LogP contribution in [0, 0.1) is 0 Å². The number of carbonyl (C=O) groups excluding carboxylic acids is 1. The van der Waals surface area contributed by atoms with Gasteiger partial charge in [-0.1, -0.05) is 54.4 Å². The molecule has 0 saturated carbocycles. The monoisotopic (exact) mass is 390 g/mol. The third kappa shape index (κ3) is 4.59. The lowest BCUT2D eigenvalue weighted by molar-refractivity contribution is -0.133. The lowest BCUT2D eigenvalue weighted by Crippen LogP contribution is -2.49. The van der Waals surface area contributed by atoms with E-state index in [-0.39, 0.29) is 11.9 Å². The second kappa shape index (κ2) is 8.90. The lowest BCUT2D eigenvalue weighted by Gasteiger charge is -2.40. The molecule has 5 heteroatoms. The minimum absolute atomic E-state index is 0.132. The summed E-state index contributed by atoms with van der Waals surface area (Å²) in [4.78, 5) is 16.6. The number of nitrogens with zero attached hydrogens (tertiary/aromatic N) is 2. The number of rotatable bonds is 5. The van der Waals surface area contributed by atoms with Gasteiger partial charge in [-0.25, -0.2) is 0 Å². The van der Waals surface area contributed by atoms with Crippen LogP contribution in [0.15, 0.2) is 48.5 Å². The highest BCUT2D eigenvalue weighted by Gasteiger charge is 2.27. The standard InChI is InChI=1S/C21H24Cl2N2O/c1-2-3-20(26)24-12-14-25(15-13-24)21(16-4-8-18(22)9-5-16)17-6-10-19(23)11-7-17/h4-11,21H,2-3,12-15H2,1H3. The van der Waals surface area contributed by atoms with E-state index in [1.807, 2.05) is 36.1 Å². The summed E-state index contributed by atoms with van der Waals surface area (Å²) in [5.74, 6) is 0.265. The summed E-state index contributed by atoms with van der Waals surface area (Å²) >= 11 is 12.2. The third-order valence-corrected chi connectivity index (χ3v) is 5.37. The van der Waals surface area contributed by atoms with Crippen LogP contribution in [-0.2, 0) is 4.79 Å². The van der Waals surface area contributed by atoms with Crippen LogP contribution >= 0.6 is 23.2 Å². The van der Waals surface area contributed by atoms with Gasteiger partial charge in [0.25, 0.3) is 0 Å². The number of carbonyl (C=O) groups is 1. The van der Waals surface area contributed by atoms with Crippen LogP contribution in [0.5, 0.6) is 0 Å². The topological polar surface area (TPSA) is 23.6 Å². The number of piperazine rings is 1. The van der Waals surface area contributed by atoms with E-state index in [9.17, 15) is 4.79 Å². The molecule has 26 heavy (non-hydrogen) atoms. The average Bonchev–Trinajstić information content (AvgIpc) is 2.66. The molecule has 1 saturated heterocycles. The maximum Gasteiger partial charge on any atom is 0.222 e. The molecule has 3 nitrogen and oxygen atoms in total. The fraction of sp³-hybridized carbons (Fsp3) is 0.381. The quantitative estimate of drug-likeness (QED) is 0.714. The zero-order valence-electron chi connectivity index (χ0n) is 15.0. The first-order chi connectivity index (χ1) is 12.6. The van der Waals surface area contributed by atoms with Crippen molar-refractivity contribution in [3.63, 3.8) is 0 Å². The molecule has 0 unspecified atom stereocenters. The minimum atomic E-state index is 0.132. The molecule has 2 aromatic carbocycles. The van der Waals surface area contributed by atoms with Gasteiger partial charge < -0.3 is 4.90 Å². The van der Waals surface area contributed by atoms with Crippen molar-refractivity contribution >= 4 is 29.1 Å². The van der Waals surface area contributed by atoms with Crippen molar-refractivity contribution in [2.45, 2.75) is 25.8 Å². The Hall–Kier alpha value is -1.55. The van der Waals surface area contributed by atoms with E-state index >= 15 is 0 Å².